The largest absolute Gasteiger partial charge is 0.379 e. The fourth-order valence-corrected chi connectivity index (χ4v) is 2.31. The predicted octanol–water partition coefficient (Wildman–Crippen LogP) is 1.16. The van der Waals surface area contributed by atoms with E-state index in [4.69, 9.17) is 9.47 Å². The van der Waals surface area contributed by atoms with Crippen LogP contribution < -0.4 is 10.6 Å². The summed E-state index contributed by atoms with van der Waals surface area (Å²) in [6, 6.07) is 0. The predicted molar refractivity (Wildman–Crippen MR) is 102 cm³/mol. The van der Waals surface area contributed by atoms with Crippen LogP contribution in [-0.2, 0) is 9.47 Å². The van der Waals surface area contributed by atoms with Crippen LogP contribution in [0.25, 0.3) is 0 Å². The Morgan fingerprint density at radius 3 is 2.41 bits per heavy atom. The summed E-state index contributed by atoms with van der Waals surface area (Å²) < 4.78 is 10.9. The van der Waals surface area contributed by atoms with E-state index in [0.29, 0.717) is 0 Å². The molecule has 22 heavy (non-hydrogen) atoms. The van der Waals surface area contributed by atoms with Gasteiger partial charge in [-0.15, -0.1) is 24.0 Å². The van der Waals surface area contributed by atoms with Gasteiger partial charge in [-0.25, -0.2) is 0 Å². The maximum absolute atomic E-state index is 5.54. The van der Waals surface area contributed by atoms with Gasteiger partial charge in [-0.1, -0.05) is 20.8 Å². The van der Waals surface area contributed by atoms with Gasteiger partial charge >= 0.3 is 0 Å². The molecule has 0 amide bonds. The summed E-state index contributed by atoms with van der Waals surface area (Å²) in [5, 5.41) is 6.68. The van der Waals surface area contributed by atoms with Crippen LogP contribution in [0.4, 0.5) is 0 Å². The molecule has 0 saturated carbocycles. The van der Waals surface area contributed by atoms with Gasteiger partial charge in [-0.05, 0) is 5.41 Å². The number of halogens is 1. The zero-order chi connectivity index (χ0) is 15.7. The van der Waals surface area contributed by atoms with Gasteiger partial charge in [-0.3, -0.25) is 9.89 Å². The van der Waals surface area contributed by atoms with Crippen molar-refractivity contribution in [3.05, 3.63) is 0 Å². The Morgan fingerprint density at radius 2 is 1.91 bits per heavy atom. The molecule has 1 aliphatic rings. The van der Waals surface area contributed by atoms with Crippen LogP contribution in [0.1, 0.15) is 20.8 Å². The number of hydrogen-bond donors (Lipinski definition) is 2. The van der Waals surface area contributed by atoms with Crippen LogP contribution in [0.5, 0.6) is 0 Å². The van der Waals surface area contributed by atoms with E-state index < -0.39 is 0 Å². The van der Waals surface area contributed by atoms with Gasteiger partial charge in [0.15, 0.2) is 5.96 Å². The van der Waals surface area contributed by atoms with Crippen molar-refractivity contribution in [2.24, 2.45) is 10.4 Å². The summed E-state index contributed by atoms with van der Waals surface area (Å²) in [5.74, 6) is 0.828. The van der Waals surface area contributed by atoms with E-state index in [1.807, 2.05) is 0 Å². The highest BCUT2D eigenvalue weighted by Gasteiger charge is 2.24. The van der Waals surface area contributed by atoms with Gasteiger partial charge in [0.2, 0.25) is 0 Å². The number of aliphatic imine (C=N–C) groups is 1. The van der Waals surface area contributed by atoms with E-state index in [1.54, 1.807) is 14.2 Å². The third-order valence-corrected chi connectivity index (χ3v) is 3.75. The van der Waals surface area contributed by atoms with Gasteiger partial charge in [-0.2, -0.15) is 0 Å². The Kier molecular flexibility index (Phi) is 11.4. The fourth-order valence-electron chi connectivity index (χ4n) is 2.31. The molecule has 1 saturated heterocycles. The minimum atomic E-state index is 0. The first-order chi connectivity index (χ1) is 9.97. The molecular formula is C15H33IN4O2. The Morgan fingerprint density at radius 1 is 1.27 bits per heavy atom. The van der Waals surface area contributed by atoms with E-state index in [0.717, 1.165) is 51.9 Å². The van der Waals surface area contributed by atoms with E-state index in [2.05, 4.69) is 41.3 Å². The third kappa shape index (κ3) is 8.50. The van der Waals surface area contributed by atoms with Gasteiger partial charge in [0.05, 0.1) is 19.3 Å². The van der Waals surface area contributed by atoms with E-state index >= 15 is 0 Å². The SMILES string of the molecule is CN=C(NCCN1CCOCC1)NCC(OC)C(C)(C)C.I. The highest BCUT2D eigenvalue weighted by Crippen LogP contribution is 2.20. The van der Waals surface area contributed by atoms with E-state index in [1.165, 1.54) is 0 Å². The Bertz CT molecular complexity index is 315. The second kappa shape index (κ2) is 11.4. The molecule has 1 heterocycles. The van der Waals surface area contributed by atoms with Crippen LogP contribution in [0, 0.1) is 5.41 Å². The van der Waals surface area contributed by atoms with Crippen molar-refractivity contribution in [2.75, 3.05) is 60.1 Å². The zero-order valence-electron chi connectivity index (χ0n) is 14.6. The number of rotatable bonds is 6. The molecule has 2 N–H and O–H groups in total. The van der Waals surface area contributed by atoms with Crippen molar-refractivity contribution in [1.82, 2.24) is 15.5 Å². The van der Waals surface area contributed by atoms with Crippen LogP contribution in [0.2, 0.25) is 0 Å². The van der Waals surface area contributed by atoms with E-state index in [9.17, 15) is 0 Å². The molecule has 1 unspecified atom stereocenters. The molecular weight excluding hydrogens is 395 g/mol. The molecule has 1 fully saturated rings. The topological polar surface area (TPSA) is 58.1 Å². The number of guanidine groups is 1. The summed E-state index contributed by atoms with van der Waals surface area (Å²) in [7, 11) is 3.55. The van der Waals surface area contributed by atoms with Crippen molar-refractivity contribution in [2.45, 2.75) is 26.9 Å². The summed E-state index contributed by atoms with van der Waals surface area (Å²) >= 11 is 0. The lowest BCUT2D eigenvalue weighted by Gasteiger charge is -2.30. The molecule has 0 radical (unpaired) electrons. The quantitative estimate of drug-likeness (QED) is 0.378. The molecule has 6 nitrogen and oxygen atoms in total. The number of ether oxygens (including phenoxy) is 2. The fraction of sp³-hybridized carbons (Fsp3) is 0.933. The van der Waals surface area contributed by atoms with Crippen molar-refractivity contribution < 1.29 is 9.47 Å². The molecule has 1 rings (SSSR count). The maximum Gasteiger partial charge on any atom is 0.191 e. The third-order valence-electron chi connectivity index (χ3n) is 3.75. The lowest BCUT2D eigenvalue weighted by molar-refractivity contribution is 0.0205. The molecule has 0 aliphatic carbocycles. The highest BCUT2D eigenvalue weighted by molar-refractivity contribution is 14.0. The molecule has 7 heteroatoms. The molecule has 132 valence electrons. The summed E-state index contributed by atoms with van der Waals surface area (Å²) in [4.78, 5) is 6.65. The highest BCUT2D eigenvalue weighted by atomic mass is 127. The zero-order valence-corrected chi connectivity index (χ0v) is 17.0. The Balaban J connectivity index is 0.00000441. The molecule has 0 bridgehead atoms. The standard InChI is InChI=1S/C15H32N4O2.HI/c1-15(2,3)13(20-5)12-18-14(16-4)17-6-7-19-8-10-21-11-9-19;/h13H,6-12H2,1-5H3,(H2,16,17,18);1H. The summed E-state index contributed by atoms with van der Waals surface area (Å²) in [6.07, 6.45) is 0.148. The molecule has 0 aromatic heterocycles. The van der Waals surface area contributed by atoms with Crippen molar-refractivity contribution >= 4 is 29.9 Å². The first-order valence-corrected chi connectivity index (χ1v) is 7.74. The summed E-state index contributed by atoms with van der Waals surface area (Å²) in [6.45, 7) is 12.9. The number of methoxy groups -OCH3 is 1. The number of nitrogens with zero attached hydrogens (tertiary/aromatic N) is 2. The second-order valence-electron chi connectivity index (χ2n) is 6.42. The average molecular weight is 428 g/mol. The van der Waals surface area contributed by atoms with Crippen LogP contribution in [0.15, 0.2) is 4.99 Å². The van der Waals surface area contributed by atoms with Crippen LogP contribution >= 0.6 is 24.0 Å². The van der Waals surface area contributed by atoms with Gasteiger partial charge < -0.3 is 20.1 Å². The van der Waals surface area contributed by atoms with Crippen molar-refractivity contribution in [1.29, 1.82) is 0 Å². The van der Waals surface area contributed by atoms with Crippen LogP contribution in [-0.4, -0.2) is 77.1 Å². The van der Waals surface area contributed by atoms with Gasteiger partial charge in [0.1, 0.15) is 0 Å². The molecule has 0 aromatic carbocycles. The normalized spacial score (nSPS) is 18.5. The monoisotopic (exact) mass is 428 g/mol. The molecule has 1 atom stereocenters. The molecule has 0 aromatic rings. The molecule has 1 aliphatic heterocycles. The Labute approximate surface area is 152 Å². The molecule has 0 spiro atoms. The first-order valence-electron chi connectivity index (χ1n) is 7.74. The maximum atomic E-state index is 5.54. The second-order valence-corrected chi connectivity index (χ2v) is 6.42. The minimum absolute atomic E-state index is 0. The Hall–Kier alpha value is -0.120. The number of nitrogens with one attached hydrogen (secondary N) is 2. The minimum Gasteiger partial charge on any atom is -0.379 e. The number of morpholine rings is 1. The summed E-state index contributed by atoms with van der Waals surface area (Å²) in [5.41, 5.74) is 0.106. The van der Waals surface area contributed by atoms with E-state index in [-0.39, 0.29) is 35.5 Å². The van der Waals surface area contributed by atoms with Crippen molar-refractivity contribution in [3.63, 3.8) is 0 Å². The van der Waals surface area contributed by atoms with Gasteiger partial charge in [0, 0.05) is 46.9 Å². The number of hydrogen-bond acceptors (Lipinski definition) is 4. The van der Waals surface area contributed by atoms with Gasteiger partial charge in [0.25, 0.3) is 0 Å². The average Bonchev–Trinajstić information content (AvgIpc) is 2.45. The lowest BCUT2D eigenvalue weighted by atomic mass is 9.89. The lowest BCUT2D eigenvalue weighted by Crippen LogP contribution is -2.47. The first kappa shape index (κ1) is 21.9. The smallest absolute Gasteiger partial charge is 0.191 e. The van der Waals surface area contributed by atoms with Crippen LogP contribution in [0.3, 0.4) is 0 Å². The van der Waals surface area contributed by atoms with Crippen molar-refractivity contribution in [3.8, 4) is 0 Å².